The van der Waals surface area contributed by atoms with Crippen LogP contribution in [0.3, 0.4) is 0 Å². The van der Waals surface area contributed by atoms with Crippen LogP contribution in [0.1, 0.15) is 48.1 Å². The number of carbonyl (C=O) groups excluding carboxylic acids is 1. The van der Waals surface area contributed by atoms with Crippen LogP contribution in [0.2, 0.25) is 5.02 Å². The number of hydrogen-bond donors (Lipinski definition) is 0. The molecule has 1 heterocycles. The van der Waals surface area contributed by atoms with Crippen molar-refractivity contribution in [3.05, 3.63) is 105 Å². The Morgan fingerprint density at radius 3 is 2.30 bits per heavy atom. The van der Waals surface area contributed by atoms with Gasteiger partial charge in [0.2, 0.25) is 0 Å². The first-order chi connectivity index (χ1) is 15.9. The van der Waals surface area contributed by atoms with E-state index in [1.807, 2.05) is 63.2 Å². The number of aryl methyl sites for hydroxylation is 1. The van der Waals surface area contributed by atoms with Crippen LogP contribution in [0, 0.1) is 6.92 Å². The fraction of sp³-hybridized carbons (Fsp3) is 0.222. The summed E-state index contributed by atoms with van der Waals surface area (Å²) in [7, 11) is 0. The van der Waals surface area contributed by atoms with Crippen molar-refractivity contribution >= 4 is 28.4 Å². The van der Waals surface area contributed by atoms with Crippen molar-refractivity contribution in [2.45, 2.75) is 33.2 Å². The van der Waals surface area contributed by atoms with E-state index in [-0.39, 0.29) is 11.5 Å². The molecule has 6 heteroatoms. The molecule has 5 nitrogen and oxygen atoms in total. The largest absolute Gasteiger partial charge is 0.329 e. The van der Waals surface area contributed by atoms with Gasteiger partial charge in [-0.1, -0.05) is 48.4 Å². The molecule has 3 aromatic carbocycles. The van der Waals surface area contributed by atoms with Crippen LogP contribution in [0.15, 0.2) is 77.6 Å². The van der Waals surface area contributed by atoms with E-state index < -0.39 is 6.04 Å². The Bertz CT molecular complexity index is 1340. The Hall–Kier alpha value is -3.44. The Labute approximate surface area is 198 Å². The first-order valence-corrected chi connectivity index (χ1v) is 11.5. The van der Waals surface area contributed by atoms with Crippen molar-refractivity contribution in [1.29, 1.82) is 0 Å². The number of halogens is 1. The molecule has 4 rings (SSSR count). The average Bonchev–Trinajstić information content (AvgIpc) is 2.83. The highest BCUT2D eigenvalue weighted by Gasteiger charge is 2.28. The minimum absolute atomic E-state index is 0.126. The maximum atomic E-state index is 13.6. The zero-order chi connectivity index (χ0) is 23.5. The second-order valence-electron chi connectivity index (χ2n) is 7.99. The van der Waals surface area contributed by atoms with Crippen LogP contribution in [0.5, 0.6) is 0 Å². The summed E-state index contributed by atoms with van der Waals surface area (Å²) in [5.41, 5.74) is 2.85. The number of benzene rings is 3. The summed E-state index contributed by atoms with van der Waals surface area (Å²) < 4.78 is 1.65. The third kappa shape index (κ3) is 4.41. The highest BCUT2D eigenvalue weighted by molar-refractivity contribution is 6.30. The van der Waals surface area contributed by atoms with Crippen molar-refractivity contribution in [2.75, 3.05) is 6.54 Å². The molecular weight excluding hydrogens is 434 g/mol. The molecule has 1 amide bonds. The molecule has 0 aliphatic heterocycles. The van der Waals surface area contributed by atoms with Crippen LogP contribution in [-0.4, -0.2) is 26.9 Å². The van der Waals surface area contributed by atoms with Gasteiger partial charge in [0, 0.05) is 17.1 Å². The summed E-state index contributed by atoms with van der Waals surface area (Å²) in [6.45, 7) is 6.41. The van der Waals surface area contributed by atoms with Crippen molar-refractivity contribution < 1.29 is 4.79 Å². The molecule has 4 aromatic rings. The third-order valence-electron chi connectivity index (χ3n) is 5.85. The van der Waals surface area contributed by atoms with Crippen LogP contribution in [-0.2, 0) is 0 Å². The number of carbonyl (C=O) groups is 1. The highest BCUT2D eigenvalue weighted by atomic mass is 35.5. The third-order valence-corrected chi connectivity index (χ3v) is 6.10. The summed E-state index contributed by atoms with van der Waals surface area (Å²) in [4.78, 5) is 33.8. The molecule has 1 unspecified atom stereocenters. The van der Waals surface area contributed by atoms with E-state index >= 15 is 0 Å². The summed E-state index contributed by atoms with van der Waals surface area (Å²) >= 11 is 6.02. The van der Waals surface area contributed by atoms with Crippen molar-refractivity contribution in [1.82, 2.24) is 14.5 Å². The zero-order valence-electron chi connectivity index (χ0n) is 19.0. The molecule has 33 heavy (non-hydrogen) atoms. The van der Waals surface area contributed by atoms with E-state index in [0.29, 0.717) is 40.3 Å². The summed E-state index contributed by atoms with van der Waals surface area (Å²) in [5, 5.41) is 1.12. The molecule has 1 atom stereocenters. The Kier molecular flexibility index (Phi) is 6.61. The van der Waals surface area contributed by atoms with Gasteiger partial charge in [0.05, 0.1) is 22.6 Å². The van der Waals surface area contributed by atoms with Gasteiger partial charge in [0.25, 0.3) is 11.5 Å². The fourth-order valence-corrected chi connectivity index (χ4v) is 4.25. The van der Waals surface area contributed by atoms with E-state index in [4.69, 9.17) is 16.6 Å². The molecule has 168 valence electrons. The fourth-order valence-electron chi connectivity index (χ4n) is 4.12. The highest BCUT2D eigenvalue weighted by Crippen LogP contribution is 2.27. The lowest BCUT2D eigenvalue weighted by atomic mass is 10.1. The number of hydrogen-bond acceptors (Lipinski definition) is 3. The minimum Gasteiger partial charge on any atom is -0.329 e. The smallest absolute Gasteiger partial charge is 0.266 e. The average molecular weight is 460 g/mol. The van der Waals surface area contributed by atoms with E-state index in [9.17, 15) is 9.59 Å². The van der Waals surface area contributed by atoms with E-state index in [1.165, 1.54) is 0 Å². The maximum Gasteiger partial charge on any atom is 0.266 e. The van der Waals surface area contributed by atoms with Gasteiger partial charge in [-0.15, -0.1) is 0 Å². The monoisotopic (exact) mass is 459 g/mol. The lowest BCUT2D eigenvalue weighted by Gasteiger charge is -2.31. The lowest BCUT2D eigenvalue weighted by Crippen LogP contribution is -2.38. The van der Waals surface area contributed by atoms with Gasteiger partial charge in [0.1, 0.15) is 5.82 Å². The van der Waals surface area contributed by atoms with Crippen LogP contribution >= 0.6 is 11.6 Å². The standard InChI is InChI=1S/C27H26ClN3O2/c1-4-24(30(5-2)26(32)19-12-14-20(28)15-13-19)25-29-23-9-7-6-8-22(23)27(33)31(25)21-16-10-18(3)11-17-21/h6-17,24H,4-5H2,1-3H3. The first-order valence-electron chi connectivity index (χ1n) is 11.1. The van der Waals surface area contributed by atoms with Crippen LogP contribution in [0.4, 0.5) is 0 Å². The molecule has 0 saturated carbocycles. The molecule has 0 fully saturated rings. The molecule has 0 aliphatic carbocycles. The van der Waals surface area contributed by atoms with Gasteiger partial charge >= 0.3 is 0 Å². The number of amides is 1. The van der Waals surface area contributed by atoms with Gasteiger partial charge < -0.3 is 4.90 Å². The number of nitrogens with zero attached hydrogens (tertiary/aromatic N) is 3. The van der Waals surface area contributed by atoms with Gasteiger partial charge in [-0.3, -0.25) is 14.2 Å². The Balaban J connectivity index is 1.92. The van der Waals surface area contributed by atoms with Gasteiger partial charge in [-0.05, 0) is 68.8 Å². The first kappa shape index (κ1) is 22.7. The molecule has 0 saturated heterocycles. The second kappa shape index (κ2) is 9.59. The second-order valence-corrected chi connectivity index (χ2v) is 8.42. The van der Waals surface area contributed by atoms with Gasteiger partial charge in [-0.25, -0.2) is 4.98 Å². The van der Waals surface area contributed by atoms with Crippen molar-refractivity contribution in [2.24, 2.45) is 0 Å². The number of aromatic nitrogens is 2. The molecule has 0 N–H and O–H groups in total. The molecule has 0 radical (unpaired) electrons. The number of rotatable bonds is 6. The molecule has 0 bridgehead atoms. The van der Waals surface area contributed by atoms with E-state index in [2.05, 4.69) is 0 Å². The Morgan fingerprint density at radius 1 is 1.00 bits per heavy atom. The minimum atomic E-state index is -0.392. The lowest BCUT2D eigenvalue weighted by molar-refractivity contribution is 0.0672. The normalized spacial score (nSPS) is 12.0. The van der Waals surface area contributed by atoms with Crippen LogP contribution in [0.25, 0.3) is 16.6 Å². The SMILES string of the molecule is CCC(c1nc2ccccc2c(=O)n1-c1ccc(C)cc1)N(CC)C(=O)c1ccc(Cl)cc1. The zero-order valence-corrected chi connectivity index (χ0v) is 19.7. The Morgan fingerprint density at radius 2 is 1.67 bits per heavy atom. The molecule has 1 aromatic heterocycles. The molecule has 0 aliphatic rings. The van der Waals surface area contributed by atoms with Crippen LogP contribution < -0.4 is 5.56 Å². The van der Waals surface area contributed by atoms with E-state index in [0.717, 1.165) is 11.3 Å². The quantitative estimate of drug-likeness (QED) is 0.357. The molecular formula is C27H26ClN3O2. The number of para-hydroxylation sites is 1. The predicted molar refractivity (Wildman–Crippen MR) is 133 cm³/mol. The summed E-state index contributed by atoms with van der Waals surface area (Å²) in [6, 6.07) is 21.6. The summed E-state index contributed by atoms with van der Waals surface area (Å²) in [6.07, 6.45) is 0.601. The van der Waals surface area contributed by atoms with Gasteiger partial charge in [0.15, 0.2) is 0 Å². The number of fused-ring (bicyclic) bond motifs is 1. The van der Waals surface area contributed by atoms with Crippen molar-refractivity contribution in [3.63, 3.8) is 0 Å². The predicted octanol–water partition coefficient (Wildman–Crippen LogP) is 5.96. The topological polar surface area (TPSA) is 55.2 Å². The van der Waals surface area contributed by atoms with E-state index in [1.54, 1.807) is 39.8 Å². The maximum absolute atomic E-state index is 13.6. The molecule has 0 spiro atoms. The van der Waals surface area contributed by atoms with Crippen molar-refractivity contribution in [3.8, 4) is 5.69 Å². The summed E-state index contributed by atoms with van der Waals surface area (Å²) in [5.74, 6) is 0.424. The van der Waals surface area contributed by atoms with Gasteiger partial charge in [-0.2, -0.15) is 0 Å².